The molecule has 0 saturated heterocycles. The van der Waals surface area contributed by atoms with E-state index in [1.165, 1.54) is 0 Å². The van der Waals surface area contributed by atoms with Gasteiger partial charge in [-0.05, 0) is 0 Å². The first-order valence-electron chi connectivity index (χ1n) is 8.29. The Hall–Kier alpha value is -3.18. The van der Waals surface area contributed by atoms with E-state index in [9.17, 15) is 28.8 Å². The molecule has 0 saturated carbocycles. The van der Waals surface area contributed by atoms with E-state index in [0.29, 0.717) is 0 Å². The highest BCUT2D eigenvalue weighted by Crippen LogP contribution is 2.21. The second kappa shape index (κ2) is 12.3. The number of hydrogen-bond acceptors (Lipinski definition) is 12. The second-order valence-corrected chi connectivity index (χ2v) is 5.65. The molecule has 0 spiro atoms. The molecule has 0 rings (SSSR count). The van der Waals surface area contributed by atoms with Gasteiger partial charge < -0.3 is 28.4 Å². The van der Waals surface area contributed by atoms with Crippen molar-refractivity contribution in [1.82, 2.24) is 0 Å². The summed E-state index contributed by atoms with van der Waals surface area (Å²) in [6.07, 6.45) is -6.86. The molecule has 0 aliphatic rings. The van der Waals surface area contributed by atoms with Crippen LogP contribution in [0.4, 0.5) is 0 Å². The van der Waals surface area contributed by atoms with Crippen molar-refractivity contribution in [3.05, 3.63) is 0 Å². The Morgan fingerprint density at radius 1 is 0.621 bits per heavy atom. The molecule has 4 atom stereocenters. The topological polar surface area (TPSA) is 158 Å². The number of carbonyl (C=O) groups is 6. The van der Waals surface area contributed by atoms with Crippen molar-refractivity contribution < 1.29 is 57.2 Å². The minimum Gasteiger partial charge on any atom is -0.466 e. The van der Waals surface area contributed by atoms with E-state index in [2.05, 4.69) is 4.74 Å². The van der Waals surface area contributed by atoms with Crippen LogP contribution in [0.2, 0.25) is 0 Å². The van der Waals surface area contributed by atoms with Gasteiger partial charge in [0.05, 0.1) is 7.11 Å². The van der Waals surface area contributed by atoms with E-state index >= 15 is 0 Å². The van der Waals surface area contributed by atoms with E-state index in [-0.39, 0.29) is 0 Å². The summed E-state index contributed by atoms with van der Waals surface area (Å²) in [7, 11) is 0.979. The van der Waals surface area contributed by atoms with Crippen LogP contribution in [0.5, 0.6) is 0 Å². The fourth-order valence-electron chi connectivity index (χ4n) is 2.19. The van der Waals surface area contributed by atoms with Gasteiger partial charge in [0.1, 0.15) is 6.61 Å². The average molecular weight is 420 g/mol. The summed E-state index contributed by atoms with van der Waals surface area (Å²) >= 11 is 0. The Kier molecular flexibility index (Phi) is 11.0. The maximum Gasteiger partial charge on any atom is 0.351 e. The van der Waals surface area contributed by atoms with E-state index in [4.69, 9.17) is 23.7 Å². The first-order chi connectivity index (χ1) is 13.4. The third kappa shape index (κ3) is 10.1. The number of hydrogen-bond donors (Lipinski definition) is 0. The average Bonchev–Trinajstić information content (AvgIpc) is 2.58. The monoisotopic (exact) mass is 420 g/mol. The van der Waals surface area contributed by atoms with Crippen LogP contribution < -0.4 is 0 Å². The Labute approximate surface area is 166 Å². The van der Waals surface area contributed by atoms with Gasteiger partial charge in [-0.1, -0.05) is 0 Å². The number of methoxy groups -OCH3 is 1. The van der Waals surface area contributed by atoms with Crippen LogP contribution in [0, 0.1) is 0 Å². The van der Waals surface area contributed by atoms with E-state index in [1.807, 2.05) is 0 Å². The summed E-state index contributed by atoms with van der Waals surface area (Å²) in [5, 5.41) is 0. The van der Waals surface area contributed by atoms with Crippen LogP contribution >= 0.6 is 0 Å². The third-order valence-corrected chi connectivity index (χ3v) is 3.09. The highest BCUT2D eigenvalue weighted by molar-refractivity contribution is 5.80. The second-order valence-electron chi connectivity index (χ2n) is 5.65. The number of esters is 6. The van der Waals surface area contributed by atoms with E-state index < -0.39 is 66.8 Å². The number of rotatable bonds is 10. The van der Waals surface area contributed by atoms with E-state index in [0.717, 1.165) is 41.7 Å². The van der Waals surface area contributed by atoms with Gasteiger partial charge in [0.25, 0.3) is 0 Å². The highest BCUT2D eigenvalue weighted by Gasteiger charge is 2.47. The van der Waals surface area contributed by atoms with Gasteiger partial charge in [-0.15, -0.1) is 0 Å². The van der Waals surface area contributed by atoms with Crippen molar-refractivity contribution in [2.24, 2.45) is 0 Å². The summed E-state index contributed by atoms with van der Waals surface area (Å²) in [5.41, 5.74) is 0. The van der Waals surface area contributed by atoms with Crippen LogP contribution in [0.1, 0.15) is 34.6 Å². The van der Waals surface area contributed by atoms with E-state index in [1.54, 1.807) is 0 Å². The maximum atomic E-state index is 12.1. The SMILES string of the molecule is COC(=O)[C@@H](OC(C)=O)[C@@H](OC(C)=O)[C@H](OC(C)=O)[C@@H](COC(C)=O)OC(C)=O. The van der Waals surface area contributed by atoms with Gasteiger partial charge >= 0.3 is 35.8 Å². The number of carbonyl (C=O) groups excluding carboxylic acids is 6. The van der Waals surface area contributed by atoms with Gasteiger partial charge in [-0.2, -0.15) is 0 Å². The minimum absolute atomic E-state index is 0.613. The molecule has 0 aromatic rings. The van der Waals surface area contributed by atoms with Crippen molar-refractivity contribution in [1.29, 1.82) is 0 Å². The first-order valence-corrected chi connectivity index (χ1v) is 8.29. The molecular weight excluding hydrogens is 396 g/mol. The van der Waals surface area contributed by atoms with Crippen molar-refractivity contribution in [2.45, 2.75) is 59.0 Å². The standard InChI is InChI=1S/C17H24O12/c1-8(18)25-7-13(26-9(2)19)14(27-10(3)20)15(28-11(4)21)16(17(23)24-6)29-12(5)22/h13-16H,7H2,1-6H3/t13-,14-,15+,16+/m1/s1. The molecule has 0 aromatic heterocycles. The van der Waals surface area contributed by atoms with Gasteiger partial charge in [-0.25, -0.2) is 4.79 Å². The quantitative estimate of drug-likeness (QED) is 0.328. The lowest BCUT2D eigenvalue weighted by Crippen LogP contribution is -2.55. The zero-order valence-corrected chi connectivity index (χ0v) is 16.9. The lowest BCUT2D eigenvalue weighted by atomic mass is 10.0. The third-order valence-electron chi connectivity index (χ3n) is 3.09. The minimum atomic E-state index is -1.87. The lowest BCUT2D eigenvalue weighted by Gasteiger charge is -2.34. The summed E-state index contributed by atoms with van der Waals surface area (Å²) < 4.78 is 29.4. The molecule has 0 aromatic carbocycles. The predicted molar refractivity (Wildman–Crippen MR) is 90.9 cm³/mol. The zero-order chi connectivity index (χ0) is 22.7. The molecule has 12 heteroatoms. The van der Waals surface area contributed by atoms with Crippen molar-refractivity contribution in [3.8, 4) is 0 Å². The van der Waals surface area contributed by atoms with Gasteiger partial charge in [0, 0.05) is 34.6 Å². The molecule has 0 aliphatic carbocycles. The van der Waals surface area contributed by atoms with Crippen LogP contribution in [0.15, 0.2) is 0 Å². The summed E-state index contributed by atoms with van der Waals surface area (Å²) in [4.78, 5) is 69.5. The molecular formula is C17H24O12. The molecule has 0 aliphatic heterocycles. The molecule has 0 N–H and O–H groups in total. The van der Waals surface area contributed by atoms with Gasteiger partial charge in [-0.3, -0.25) is 24.0 Å². The molecule has 0 fully saturated rings. The normalized spacial score (nSPS) is 14.3. The molecule has 0 heterocycles. The van der Waals surface area contributed by atoms with Crippen molar-refractivity contribution in [2.75, 3.05) is 13.7 Å². The molecule has 0 bridgehead atoms. The molecule has 164 valence electrons. The highest BCUT2D eigenvalue weighted by atomic mass is 16.6. The molecule has 0 unspecified atom stereocenters. The molecule has 29 heavy (non-hydrogen) atoms. The first kappa shape index (κ1) is 25.8. The molecule has 12 nitrogen and oxygen atoms in total. The van der Waals surface area contributed by atoms with Gasteiger partial charge in [0.15, 0.2) is 18.3 Å². The molecule has 0 radical (unpaired) electrons. The van der Waals surface area contributed by atoms with Crippen LogP contribution in [-0.2, 0) is 57.2 Å². The predicted octanol–water partition coefficient (Wildman–Crippen LogP) is -0.551. The zero-order valence-electron chi connectivity index (χ0n) is 16.9. The Balaban J connectivity index is 6.29. The summed E-state index contributed by atoms with van der Waals surface area (Å²) in [6.45, 7) is 4.44. The Morgan fingerprint density at radius 2 is 1.07 bits per heavy atom. The fraction of sp³-hybridized carbons (Fsp3) is 0.647. The summed E-state index contributed by atoms with van der Waals surface area (Å²) in [5.74, 6) is -5.55. The number of ether oxygens (including phenoxy) is 6. The molecule has 0 amide bonds. The van der Waals surface area contributed by atoms with Crippen LogP contribution in [-0.4, -0.2) is 73.9 Å². The van der Waals surface area contributed by atoms with Crippen molar-refractivity contribution >= 4 is 35.8 Å². The van der Waals surface area contributed by atoms with Crippen LogP contribution in [0.3, 0.4) is 0 Å². The lowest BCUT2D eigenvalue weighted by molar-refractivity contribution is -0.207. The Bertz CT molecular complexity index is 640. The summed E-state index contributed by atoms with van der Waals surface area (Å²) in [6, 6.07) is 0. The van der Waals surface area contributed by atoms with Gasteiger partial charge in [0.2, 0.25) is 6.10 Å². The van der Waals surface area contributed by atoms with Crippen LogP contribution in [0.25, 0.3) is 0 Å². The largest absolute Gasteiger partial charge is 0.466 e. The Morgan fingerprint density at radius 3 is 1.45 bits per heavy atom. The van der Waals surface area contributed by atoms with Crippen molar-refractivity contribution in [3.63, 3.8) is 0 Å². The maximum absolute atomic E-state index is 12.1. The fourth-order valence-corrected chi connectivity index (χ4v) is 2.19. The smallest absolute Gasteiger partial charge is 0.351 e.